The highest BCUT2D eigenvalue weighted by Gasteiger charge is 2.10. The van der Waals surface area contributed by atoms with Gasteiger partial charge in [0, 0.05) is 18.1 Å². The molecule has 24 heavy (non-hydrogen) atoms. The normalized spacial score (nSPS) is 10.9. The van der Waals surface area contributed by atoms with Crippen molar-refractivity contribution >= 4 is 0 Å². The van der Waals surface area contributed by atoms with E-state index in [1.807, 2.05) is 18.7 Å². The molecule has 0 radical (unpaired) electrons. The van der Waals surface area contributed by atoms with E-state index in [2.05, 4.69) is 65.9 Å². The van der Waals surface area contributed by atoms with E-state index in [0.717, 1.165) is 6.42 Å². The lowest BCUT2D eigenvalue weighted by atomic mass is 9.93. The lowest BCUT2D eigenvalue weighted by molar-refractivity contribution is 0.667. The molecule has 0 unspecified atom stereocenters. The molecular weight excluding hydrogens is 292 g/mol. The fourth-order valence-corrected chi connectivity index (χ4v) is 3.26. The molecule has 3 rings (SSSR count). The number of hydrogen-bond donors (Lipinski definition) is 0. The van der Waals surface area contributed by atoms with Gasteiger partial charge in [-0.25, -0.2) is 4.98 Å². The van der Waals surface area contributed by atoms with Gasteiger partial charge in [-0.05, 0) is 54.2 Å². The van der Waals surface area contributed by atoms with Crippen LogP contribution in [0.3, 0.4) is 0 Å². The molecular formula is C22H26N2. The zero-order valence-corrected chi connectivity index (χ0v) is 14.7. The first kappa shape index (κ1) is 16.5. The molecule has 0 aliphatic heterocycles. The second kappa shape index (κ2) is 7.96. The van der Waals surface area contributed by atoms with Gasteiger partial charge in [-0.15, -0.1) is 0 Å². The molecule has 0 aliphatic rings. The number of nitrogens with zero attached hydrogens (tertiary/aromatic N) is 2. The van der Waals surface area contributed by atoms with E-state index in [4.69, 9.17) is 0 Å². The van der Waals surface area contributed by atoms with Crippen LogP contribution < -0.4 is 0 Å². The molecule has 124 valence electrons. The van der Waals surface area contributed by atoms with Crippen LogP contribution >= 0.6 is 0 Å². The molecule has 0 N–H and O–H groups in total. The summed E-state index contributed by atoms with van der Waals surface area (Å²) in [6.07, 6.45) is 12.0. The predicted molar refractivity (Wildman–Crippen MR) is 102 cm³/mol. The van der Waals surface area contributed by atoms with E-state index in [1.165, 1.54) is 53.6 Å². The SMILES string of the molecule is CCCCCCc1cc(-n2ccnc2)c(C)cc1-c1ccccc1. The highest BCUT2D eigenvalue weighted by atomic mass is 15.0. The van der Waals surface area contributed by atoms with Crippen LogP contribution in [-0.4, -0.2) is 9.55 Å². The summed E-state index contributed by atoms with van der Waals surface area (Å²) in [5.41, 5.74) is 6.63. The average molecular weight is 318 g/mol. The summed E-state index contributed by atoms with van der Waals surface area (Å²) in [4.78, 5) is 4.20. The fourth-order valence-electron chi connectivity index (χ4n) is 3.26. The molecule has 0 spiro atoms. The first-order valence-corrected chi connectivity index (χ1v) is 8.97. The Morgan fingerprint density at radius 1 is 1.00 bits per heavy atom. The van der Waals surface area contributed by atoms with Crippen molar-refractivity contribution < 1.29 is 0 Å². The summed E-state index contributed by atoms with van der Waals surface area (Å²) in [5.74, 6) is 0. The lowest BCUT2D eigenvalue weighted by Gasteiger charge is -2.16. The Morgan fingerprint density at radius 2 is 1.83 bits per heavy atom. The molecule has 0 bridgehead atoms. The molecule has 1 aromatic heterocycles. The van der Waals surface area contributed by atoms with Gasteiger partial charge in [-0.2, -0.15) is 0 Å². The van der Waals surface area contributed by atoms with Crippen molar-refractivity contribution in [1.29, 1.82) is 0 Å². The van der Waals surface area contributed by atoms with E-state index in [9.17, 15) is 0 Å². The number of unbranched alkanes of at least 4 members (excludes halogenated alkanes) is 3. The third kappa shape index (κ3) is 3.76. The third-order valence-electron chi connectivity index (χ3n) is 4.59. The Labute approximate surface area is 145 Å². The molecule has 0 amide bonds. The Kier molecular flexibility index (Phi) is 5.47. The molecule has 3 aromatic rings. The van der Waals surface area contributed by atoms with Gasteiger partial charge in [0.05, 0.1) is 6.33 Å². The number of aryl methyl sites for hydroxylation is 2. The van der Waals surface area contributed by atoms with E-state index >= 15 is 0 Å². The summed E-state index contributed by atoms with van der Waals surface area (Å²) in [6, 6.07) is 15.4. The molecule has 2 nitrogen and oxygen atoms in total. The second-order valence-electron chi connectivity index (χ2n) is 6.44. The van der Waals surface area contributed by atoms with Gasteiger partial charge >= 0.3 is 0 Å². The van der Waals surface area contributed by atoms with Gasteiger partial charge in [0.25, 0.3) is 0 Å². The van der Waals surface area contributed by atoms with Crippen molar-refractivity contribution in [3.05, 3.63) is 72.3 Å². The smallest absolute Gasteiger partial charge is 0.0991 e. The topological polar surface area (TPSA) is 17.8 Å². The standard InChI is InChI=1S/C22H26N2/c1-3-4-5-7-12-20-16-22(24-14-13-23-17-24)18(2)15-21(20)19-10-8-6-9-11-19/h6,8-11,13-17H,3-5,7,12H2,1-2H3. The van der Waals surface area contributed by atoms with E-state index in [-0.39, 0.29) is 0 Å². The summed E-state index contributed by atoms with van der Waals surface area (Å²) in [5, 5.41) is 0. The van der Waals surface area contributed by atoms with Gasteiger partial charge in [0.15, 0.2) is 0 Å². The molecule has 0 fully saturated rings. The molecule has 1 heterocycles. The lowest BCUT2D eigenvalue weighted by Crippen LogP contribution is -1.99. The molecule has 0 atom stereocenters. The van der Waals surface area contributed by atoms with Gasteiger partial charge in [-0.3, -0.25) is 0 Å². The highest BCUT2D eigenvalue weighted by Crippen LogP contribution is 2.30. The molecule has 2 heteroatoms. The number of imidazole rings is 1. The minimum atomic E-state index is 1.13. The summed E-state index contributed by atoms with van der Waals surface area (Å²) in [6.45, 7) is 4.45. The predicted octanol–water partition coefficient (Wildman–Crippen LogP) is 5.97. The van der Waals surface area contributed by atoms with Crippen LogP contribution in [0.2, 0.25) is 0 Å². The summed E-state index contributed by atoms with van der Waals surface area (Å²) < 4.78 is 2.11. The number of rotatable bonds is 7. The summed E-state index contributed by atoms with van der Waals surface area (Å²) >= 11 is 0. The monoisotopic (exact) mass is 318 g/mol. The van der Waals surface area contributed by atoms with Gasteiger partial charge < -0.3 is 4.57 Å². The van der Waals surface area contributed by atoms with Crippen molar-refractivity contribution in [2.45, 2.75) is 46.0 Å². The average Bonchev–Trinajstić information content (AvgIpc) is 3.14. The second-order valence-corrected chi connectivity index (χ2v) is 6.44. The van der Waals surface area contributed by atoms with E-state index < -0.39 is 0 Å². The van der Waals surface area contributed by atoms with Crippen LogP contribution in [0.1, 0.15) is 43.7 Å². The maximum Gasteiger partial charge on any atom is 0.0991 e. The molecule has 2 aromatic carbocycles. The maximum atomic E-state index is 4.20. The van der Waals surface area contributed by atoms with Crippen molar-refractivity contribution in [1.82, 2.24) is 9.55 Å². The van der Waals surface area contributed by atoms with Crippen LogP contribution in [0.25, 0.3) is 16.8 Å². The zero-order chi connectivity index (χ0) is 16.8. The number of benzene rings is 2. The van der Waals surface area contributed by atoms with Crippen LogP contribution in [0.5, 0.6) is 0 Å². The molecule has 0 saturated heterocycles. The quantitative estimate of drug-likeness (QED) is 0.491. The largest absolute Gasteiger partial charge is 0.306 e. The van der Waals surface area contributed by atoms with Gasteiger partial charge in [-0.1, -0.05) is 56.5 Å². The van der Waals surface area contributed by atoms with Gasteiger partial charge in [0.1, 0.15) is 0 Å². The Morgan fingerprint density at radius 3 is 2.54 bits per heavy atom. The molecule has 0 saturated carbocycles. The number of hydrogen-bond acceptors (Lipinski definition) is 1. The van der Waals surface area contributed by atoms with Gasteiger partial charge in [0.2, 0.25) is 0 Å². The number of aromatic nitrogens is 2. The fraction of sp³-hybridized carbons (Fsp3) is 0.318. The maximum absolute atomic E-state index is 4.20. The van der Waals surface area contributed by atoms with Crippen LogP contribution in [-0.2, 0) is 6.42 Å². The van der Waals surface area contributed by atoms with E-state index in [0.29, 0.717) is 0 Å². The molecule has 0 aliphatic carbocycles. The Hall–Kier alpha value is -2.35. The van der Waals surface area contributed by atoms with Crippen molar-refractivity contribution in [2.24, 2.45) is 0 Å². The Bertz CT molecular complexity index is 758. The minimum Gasteiger partial charge on any atom is -0.306 e. The highest BCUT2D eigenvalue weighted by molar-refractivity contribution is 5.70. The zero-order valence-electron chi connectivity index (χ0n) is 14.7. The van der Waals surface area contributed by atoms with Crippen molar-refractivity contribution in [3.63, 3.8) is 0 Å². The van der Waals surface area contributed by atoms with E-state index in [1.54, 1.807) is 0 Å². The Balaban J connectivity index is 1.99. The van der Waals surface area contributed by atoms with Crippen LogP contribution in [0.15, 0.2) is 61.2 Å². The van der Waals surface area contributed by atoms with Crippen molar-refractivity contribution in [2.75, 3.05) is 0 Å². The van der Waals surface area contributed by atoms with Crippen LogP contribution in [0.4, 0.5) is 0 Å². The first-order valence-electron chi connectivity index (χ1n) is 8.97. The third-order valence-corrected chi connectivity index (χ3v) is 4.59. The first-order chi connectivity index (χ1) is 11.8. The van der Waals surface area contributed by atoms with Crippen LogP contribution in [0, 0.1) is 6.92 Å². The minimum absolute atomic E-state index is 1.13. The van der Waals surface area contributed by atoms with Crippen molar-refractivity contribution in [3.8, 4) is 16.8 Å². The summed E-state index contributed by atoms with van der Waals surface area (Å²) in [7, 11) is 0.